The van der Waals surface area contributed by atoms with Gasteiger partial charge in [-0.25, -0.2) is 0 Å². The second-order valence-corrected chi connectivity index (χ2v) is 2.38. The van der Waals surface area contributed by atoms with Crippen LogP contribution in [-0.4, -0.2) is 11.8 Å². The molecule has 0 saturated carbocycles. The van der Waals surface area contributed by atoms with Crippen molar-refractivity contribution in [3.63, 3.8) is 0 Å². The van der Waals surface area contributed by atoms with Crippen LogP contribution in [0.15, 0.2) is 0 Å². The number of rotatable bonds is 2. The van der Waals surface area contributed by atoms with Crippen molar-refractivity contribution in [1.82, 2.24) is 0 Å². The van der Waals surface area contributed by atoms with Gasteiger partial charge >= 0.3 is 0 Å². The third-order valence-electron chi connectivity index (χ3n) is 0.917. The van der Waals surface area contributed by atoms with E-state index in [9.17, 15) is 9.59 Å². The van der Waals surface area contributed by atoms with Crippen molar-refractivity contribution in [1.29, 1.82) is 0 Å². The lowest BCUT2D eigenvalue weighted by atomic mass is 10.2. The molecule has 0 heterocycles. The summed E-state index contributed by atoms with van der Waals surface area (Å²) in [5.74, 6) is -0.495. The van der Waals surface area contributed by atoms with Crippen LogP contribution >= 0.6 is 0 Å². The van der Waals surface area contributed by atoms with Crippen molar-refractivity contribution in [2.45, 2.75) is 27.2 Å². The Hall–Kier alpha value is -1.06. The molecule has 0 rings (SSSR count). The Kier molecular flexibility index (Phi) is 8.08. The van der Waals surface area contributed by atoms with Gasteiger partial charge in [-0.05, 0) is 0 Å². The Bertz CT molecular complexity index is 132. The highest BCUT2D eigenvalue weighted by Gasteiger charge is 1.96. The van der Waals surface area contributed by atoms with Crippen molar-refractivity contribution in [3.8, 4) is 0 Å². The summed E-state index contributed by atoms with van der Waals surface area (Å²) in [5.41, 5.74) is 9.45. The van der Waals surface area contributed by atoms with Crippen molar-refractivity contribution in [2.75, 3.05) is 0 Å². The lowest BCUT2D eigenvalue weighted by Gasteiger charge is -1.90. The highest BCUT2D eigenvalue weighted by molar-refractivity contribution is 5.75. The monoisotopic (exact) mass is 160 g/mol. The molecular weight excluding hydrogens is 144 g/mol. The summed E-state index contributed by atoms with van der Waals surface area (Å²) in [6.07, 6.45) is 0.444. The first kappa shape index (κ1) is 12.6. The minimum absolute atomic E-state index is 0.00926. The van der Waals surface area contributed by atoms with Gasteiger partial charge < -0.3 is 11.5 Å². The van der Waals surface area contributed by atoms with Gasteiger partial charge in [-0.15, -0.1) is 0 Å². The second-order valence-electron chi connectivity index (χ2n) is 2.38. The molecular formula is C7H16N2O2. The Morgan fingerprint density at radius 2 is 1.45 bits per heavy atom. The van der Waals surface area contributed by atoms with E-state index in [-0.39, 0.29) is 17.7 Å². The van der Waals surface area contributed by atoms with E-state index in [4.69, 9.17) is 5.73 Å². The van der Waals surface area contributed by atoms with Gasteiger partial charge in [0.05, 0.1) is 0 Å². The van der Waals surface area contributed by atoms with E-state index in [0.29, 0.717) is 6.42 Å². The van der Waals surface area contributed by atoms with Gasteiger partial charge in [0.2, 0.25) is 11.8 Å². The van der Waals surface area contributed by atoms with Crippen LogP contribution in [0.2, 0.25) is 0 Å². The molecule has 0 aliphatic heterocycles. The van der Waals surface area contributed by atoms with E-state index >= 15 is 0 Å². The first-order chi connectivity index (χ1) is 4.91. The molecule has 4 nitrogen and oxygen atoms in total. The smallest absolute Gasteiger partial charge is 0.219 e. The molecule has 0 aromatic heterocycles. The molecule has 2 amide bonds. The summed E-state index contributed by atoms with van der Waals surface area (Å²) in [4.78, 5) is 19.5. The largest absolute Gasteiger partial charge is 0.370 e. The number of amides is 2. The minimum atomic E-state index is -0.245. The fourth-order valence-electron chi connectivity index (χ4n) is 0. The third kappa shape index (κ3) is 17.6. The number of primary amides is 2. The van der Waals surface area contributed by atoms with Gasteiger partial charge in [-0.3, -0.25) is 9.59 Å². The summed E-state index contributed by atoms with van der Waals surface area (Å²) in [6, 6.07) is 0. The van der Waals surface area contributed by atoms with E-state index in [0.717, 1.165) is 0 Å². The summed E-state index contributed by atoms with van der Waals surface area (Å²) in [7, 11) is 0. The number of hydrogen-bond acceptors (Lipinski definition) is 2. The molecule has 0 spiro atoms. The van der Waals surface area contributed by atoms with Crippen LogP contribution in [-0.2, 0) is 9.59 Å². The van der Waals surface area contributed by atoms with E-state index in [1.54, 1.807) is 20.8 Å². The number of nitrogens with two attached hydrogens (primary N) is 2. The lowest BCUT2D eigenvalue weighted by molar-refractivity contribution is -0.121. The van der Waals surface area contributed by atoms with E-state index in [1.807, 2.05) is 0 Å². The van der Waals surface area contributed by atoms with E-state index in [2.05, 4.69) is 5.73 Å². The van der Waals surface area contributed by atoms with Gasteiger partial charge in [-0.1, -0.05) is 20.8 Å². The van der Waals surface area contributed by atoms with Gasteiger partial charge in [0.15, 0.2) is 0 Å². The molecule has 0 bridgehead atoms. The number of carbonyl (C=O) groups excluding carboxylic acids is 2. The molecule has 0 aliphatic rings. The molecule has 4 heteroatoms. The standard InChI is InChI=1S/C4H9NO.C3H7NO/c1-3(2)4(5)6;1-2-3(4)5/h3H,1-2H3,(H2,5,6);2H2,1H3,(H2,4,5). The molecule has 0 unspecified atom stereocenters. The lowest BCUT2D eigenvalue weighted by Crippen LogP contribution is -2.17. The Morgan fingerprint density at radius 1 is 1.27 bits per heavy atom. The van der Waals surface area contributed by atoms with Crippen molar-refractivity contribution >= 4 is 11.8 Å². The van der Waals surface area contributed by atoms with Gasteiger partial charge in [-0.2, -0.15) is 0 Å². The number of hydrogen-bond donors (Lipinski definition) is 2. The molecule has 4 N–H and O–H groups in total. The van der Waals surface area contributed by atoms with Crippen LogP contribution < -0.4 is 11.5 Å². The molecule has 0 atom stereocenters. The van der Waals surface area contributed by atoms with E-state index < -0.39 is 0 Å². The maximum absolute atomic E-state index is 9.92. The average molecular weight is 160 g/mol. The predicted molar refractivity (Wildman–Crippen MR) is 43.5 cm³/mol. The average Bonchev–Trinajstić information content (AvgIpc) is 1.89. The van der Waals surface area contributed by atoms with Crippen LogP contribution in [0.3, 0.4) is 0 Å². The molecule has 11 heavy (non-hydrogen) atoms. The van der Waals surface area contributed by atoms with Crippen LogP contribution in [0, 0.1) is 5.92 Å². The molecule has 0 saturated heterocycles. The van der Waals surface area contributed by atoms with E-state index in [1.165, 1.54) is 0 Å². The summed E-state index contributed by atoms with van der Waals surface area (Å²) >= 11 is 0. The molecule has 0 aromatic rings. The van der Waals surface area contributed by atoms with Crippen molar-refractivity contribution < 1.29 is 9.59 Å². The van der Waals surface area contributed by atoms with Crippen LogP contribution in [0.4, 0.5) is 0 Å². The predicted octanol–water partition coefficient (Wildman–Crippen LogP) is 0.00940. The van der Waals surface area contributed by atoms with Gasteiger partial charge in [0.1, 0.15) is 0 Å². The Labute approximate surface area is 66.9 Å². The molecule has 0 radical (unpaired) electrons. The van der Waals surface area contributed by atoms with Gasteiger partial charge in [0, 0.05) is 12.3 Å². The highest BCUT2D eigenvalue weighted by Crippen LogP contribution is 1.84. The molecule has 0 fully saturated rings. The van der Waals surface area contributed by atoms with Gasteiger partial charge in [0.25, 0.3) is 0 Å². The highest BCUT2D eigenvalue weighted by atomic mass is 16.1. The Balaban J connectivity index is 0. The number of carbonyl (C=O) groups is 2. The summed E-state index contributed by atoms with van der Waals surface area (Å²) in [6.45, 7) is 5.26. The fraction of sp³-hybridized carbons (Fsp3) is 0.714. The first-order valence-electron chi connectivity index (χ1n) is 3.49. The minimum Gasteiger partial charge on any atom is -0.370 e. The maximum atomic E-state index is 9.92. The first-order valence-corrected chi connectivity index (χ1v) is 3.49. The van der Waals surface area contributed by atoms with Crippen LogP contribution in [0.5, 0.6) is 0 Å². The third-order valence-corrected chi connectivity index (χ3v) is 0.917. The van der Waals surface area contributed by atoms with Crippen LogP contribution in [0.1, 0.15) is 27.2 Å². The second kappa shape index (κ2) is 7.05. The zero-order chi connectivity index (χ0) is 9.44. The molecule has 0 aromatic carbocycles. The summed E-state index contributed by atoms with van der Waals surface area (Å²) in [5, 5.41) is 0. The zero-order valence-corrected chi connectivity index (χ0v) is 7.26. The van der Waals surface area contributed by atoms with Crippen molar-refractivity contribution in [2.24, 2.45) is 17.4 Å². The normalized spacial score (nSPS) is 8.36. The quantitative estimate of drug-likeness (QED) is 0.596. The topological polar surface area (TPSA) is 86.2 Å². The maximum Gasteiger partial charge on any atom is 0.219 e. The SMILES string of the molecule is CC(C)C(N)=O.CCC(N)=O. The molecule has 66 valence electrons. The van der Waals surface area contributed by atoms with Crippen molar-refractivity contribution in [3.05, 3.63) is 0 Å². The molecule has 0 aliphatic carbocycles. The fourth-order valence-corrected chi connectivity index (χ4v) is 0. The summed E-state index contributed by atoms with van der Waals surface area (Å²) < 4.78 is 0. The zero-order valence-electron chi connectivity index (χ0n) is 7.26. The van der Waals surface area contributed by atoms with Crippen LogP contribution in [0.25, 0.3) is 0 Å². The Morgan fingerprint density at radius 3 is 1.45 bits per heavy atom.